The van der Waals surface area contributed by atoms with Crippen molar-refractivity contribution in [3.05, 3.63) is 30.5 Å². The van der Waals surface area contributed by atoms with Crippen LogP contribution in [0.5, 0.6) is 0 Å². The molecule has 1 aliphatic carbocycles. The molecule has 6 rings (SSSR count). The van der Waals surface area contributed by atoms with Crippen molar-refractivity contribution in [3.8, 4) is 0 Å². The molecular weight excluding hydrogens is 460 g/mol. The normalized spacial score (nSPS) is 27.7. The maximum Gasteiger partial charge on any atom is 0.156 e. The van der Waals surface area contributed by atoms with Crippen LogP contribution in [0.2, 0.25) is 0 Å². The van der Waals surface area contributed by atoms with Crippen molar-refractivity contribution in [2.24, 2.45) is 11.8 Å². The van der Waals surface area contributed by atoms with Crippen molar-refractivity contribution in [1.82, 2.24) is 29.7 Å². The molecule has 0 aromatic carbocycles. The number of likely N-dealkylation sites (tertiary alicyclic amines) is 2. The highest BCUT2D eigenvalue weighted by Gasteiger charge is 2.37. The van der Waals surface area contributed by atoms with Crippen LogP contribution in [0.15, 0.2) is 24.8 Å². The van der Waals surface area contributed by atoms with Crippen LogP contribution in [0.3, 0.4) is 0 Å². The number of nitrogens with zero attached hydrogens (tertiary/aromatic N) is 5. The summed E-state index contributed by atoms with van der Waals surface area (Å²) in [7, 11) is -2.48. The molecule has 2 saturated heterocycles. The maximum atomic E-state index is 12.5. The number of rotatable bonds is 6. The Bertz CT molecular complexity index is 1240. The van der Waals surface area contributed by atoms with Gasteiger partial charge in [0, 0.05) is 36.0 Å². The lowest BCUT2D eigenvalue weighted by Gasteiger charge is -2.41. The van der Waals surface area contributed by atoms with Gasteiger partial charge in [-0.1, -0.05) is 0 Å². The van der Waals surface area contributed by atoms with Crippen LogP contribution in [-0.2, 0) is 10.7 Å². The Labute approximate surface area is 208 Å². The first-order chi connectivity index (χ1) is 17.2. The van der Waals surface area contributed by atoms with Gasteiger partial charge in [-0.05, 0) is 88.9 Å². The van der Waals surface area contributed by atoms with E-state index in [-0.39, 0.29) is 11.3 Å². The predicted octanol–water partition coefficient (Wildman–Crippen LogP) is 3.53. The minimum absolute atomic E-state index is 0.208. The number of aromatic amines is 1. The molecule has 188 valence electrons. The number of nitrogens with one attached hydrogen (secondary N) is 1. The van der Waals surface area contributed by atoms with Gasteiger partial charge >= 0.3 is 0 Å². The zero-order valence-corrected chi connectivity index (χ0v) is 21.2. The molecule has 3 fully saturated rings. The summed E-state index contributed by atoms with van der Waals surface area (Å²) in [6, 6.07) is 2.05. The van der Waals surface area contributed by atoms with E-state index >= 15 is 0 Å². The monoisotopic (exact) mass is 496 g/mol. The number of hydrogen-bond donors (Lipinski definition) is 2. The van der Waals surface area contributed by atoms with Gasteiger partial charge in [-0.25, -0.2) is 23.4 Å². The Hall–Kier alpha value is -2.10. The number of piperidine rings is 1. The lowest BCUT2D eigenvalue weighted by atomic mass is 9.79. The van der Waals surface area contributed by atoms with Crippen LogP contribution in [0, 0.1) is 11.8 Å². The van der Waals surface area contributed by atoms with E-state index in [0.717, 1.165) is 79.4 Å². The third kappa shape index (κ3) is 4.70. The van der Waals surface area contributed by atoms with Crippen LogP contribution >= 0.6 is 0 Å². The first-order valence-electron chi connectivity index (χ1n) is 13.3. The van der Waals surface area contributed by atoms with Gasteiger partial charge in [0.2, 0.25) is 0 Å². The number of hydrogen-bond acceptors (Lipinski definition) is 7. The first kappa shape index (κ1) is 23.3. The first-order valence-corrected chi connectivity index (χ1v) is 14.6. The van der Waals surface area contributed by atoms with Crippen molar-refractivity contribution in [2.45, 2.75) is 62.7 Å². The van der Waals surface area contributed by atoms with E-state index in [0.29, 0.717) is 11.8 Å². The third-order valence-electron chi connectivity index (χ3n) is 8.65. The second kappa shape index (κ2) is 10.1. The van der Waals surface area contributed by atoms with Crippen LogP contribution < -0.4 is 0 Å². The van der Waals surface area contributed by atoms with Gasteiger partial charge in [-0.15, -0.1) is 0 Å². The van der Waals surface area contributed by atoms with Gasteiger partial charge in [-0.3, -0.25) is 4.90 Å². The molecule has 8 nitrogen and oxygen atoms in total. The lowest BCUT2D eigenvalue weighted by Crippen LogP contribution is -2.49. The largest absolute Gasteiger partial charge is 0.346 e. The quantitative estimate of drug-likeness (QED) is 0.504. The van der Waals surface area contributed by atoms with E-state index in [4.69, 9.17) is 4.98 Å². The third-order valence-corrected chi connectivity index (χ3v) is 9.83. The van der Waals surface area contributed by atoms with Crippen LogP contribution in [-0.4, -0.2) is 76.3 Å². The predicted molar refractivity (Wildman–Crippen MR) is 138 cm³/mol. The van der Waals surface area contributed by atoms with E-state index in [2.05, 4.69) is 30.8 Å². The van der Waals surface area contributed by atoms with Crippen molar-refractivity contribution in [3.63, 3.8) is 0 Å². The van der Waals surface area contributed by atoms with Gasteiger partial charge in [0.25, 0.3) is 0 Å². The minimum atomic E-state index is -2.48. The molecule has 35 heavy (non-hydrogen) atoms. The van der Waals surface area contributed by atoms with E-state index in [9.17, 15) is 8.42 Å². The average molecular weight is 497 g/mol. The van der Waals surface area contributed by atoms with Crippen molar-refractivity contribution in [2.75, 3.05) is 32.7 Å². The fraction of sp³-hybridized carbons (Fsp3) is 0.654. The van der Waals surface area contributed by atoms with Gasteiger partial charge in [0.1, 0.15) is 17.3 Å². The molecule has 9 heteroatoms. The number of pyridine rings is 1. The number of thiol groups is 1. The Morgan fingerprint density at radius 2 is 1.83 bits per heavy atom. The molecule has 2 atom stereocenters. The summed E-state index contributed by atoms with van der Waals surface area (Å²) in [6.07, 6.45) is 14.1. The van der Waals surface area contributed by atoms with Crippen molar-refractivity contribution < 1.29 is 8.42 Å². The highest BCUT2D eigenvalue weighted by atomic mass is 32.2. The summed E-state index contributed by atoms with van der Waals surface area (Å²) >= 11 is 0. The summed E-state index contributed by atoms with van der Waals surface area (Å²) in [5.74, 6) is 1.13. The summed E-state index contributed by atoms with van der Waals surface area (Å²) in [6.45, 7) is 5.40. The molecule has 2 unspecified atom stereocenters. The van der Waals surface area contributed by atoms with Gasteiger partial charge in [0.15, 0.2) is 10.7 Å². The molecular formula is C26H36N6O2S. The van der Waals surface area contributed by atoms with E-state index in [1.54, 1.807) is 6.33 Å². The van der Waals surface area contributed by atoms with E-state index in [1.807, 2.05) is 12.4 Å². The average Bonchev–Trinajstić information content (AvgIpc) is 3.56. The molecule has 3 aliphatic rings. The minimum Gasteiger partial charge on any atom is -0.346 e. The summed E-state index contributed by atoms with van der Waals surface area (Å²) in [5.41, 5.74) is 2.83. The molecule has 3 aromatic heterocycles. The molecule has 0 spiro atoms. The van der Waals surface area contributed by atoms with E-state index in [1.165, 1.54) is 32.4 Å². The fourth-order valence-corrected chi connectivity index (χ4v) is 8.12. The maximum absolute atomic E-state index is 12.5. The van der Waals surface area contributed by atoms with E-state index < -0.39 is 10.7 Å². The van der Waals surface area contributed by atoms with Crippen LogP contribution in [0.25, 0.3) is 21.9 Å². The number of aromatic nitrogens is 4. The smallest absolute Gasteiger partial charge is 0.156 e. The zero-order chi connectivity index (χ0) is 23.8. The lowest BCUT2D eigenvalue weighted by molar-refractivity contribution is 0.0972. The van der Waals surface area contributed by atoms with Gasteiger partial charge < -0.3 is 9.88 Å². The molecule has 2 aliphatic heterocycles. The second-order valence-corrected chi connectivity index (χ2v) is 11.9. The van der Waals surface area contributed by atoms with Gasteiger partial charge in [0.05, 0.1) is 17.4 Å². The summed E-state index contributed by atoms with van der Waals surface area (Å²) in [4.78, 5) is 21.8. The molecule has 0 bridgehead atoms. The molecule has 3 aromatic rings. The highest BCUT2D eigenvalue weighted by molar-refractivity contribution is 7.73. The Kier molecular flexibility index (Phi) is 6.73. The molecule has 0 radical (unpaired) electrons. The SMILES string of the molecule is O=[SH](=O)C(C1CCC(c2ncnc3cnc4[nH]ccc4c23)CC1)N1CCCC(CN2CCCC2)C1. The second-order valence-electron chi connectivity index (χ2n) is 10.8. The topological polar surface area (TPSA) is 95.1 Å². The Morgan fingerprint density at radius 3 is 2.63 bits per heavy atom. The number of H-pyrrole nitrogens is 1. The zero-order valence-electron chi connectivity index (χ0n) is 20.3. The van der Waals surface area contributed by atoms with Crippen molar-refractivity contribution in [1.29, 1.82) is 0 Å². The van der Waals surface area contributed by atoms with Crippen LogP contribution in [0.4, 0.5) is 0 Å². The number of fused-ring (bicyclic) bond motifs is 3. The van der Waals surface area contributed by atoms with Crippen LogP contribution in [0.1, 0.15) is 63.0 Å². The molecule has 1 saturated carbocycles. The van der Waals surface area contributed by atoms with Gasteiger partial charge in [-0.2, -0.15) is 0 Å². The molecule has 0 amide bonds. The summed E-state index contributed by atoms with van der Waals surface area (Å²) in [5, 5.41) is 1.84. The standard InChI is InChI=1S/C26H36N6O2S/c33-35(34)26(32-13-3-4-18(16-32)15-31-11-1-2-12-31)20-7-5-19(6-8-20)24-23-21-9-10-27-25(21)28-14-22(23)29-17-30-24/h9-10,14,17-20,26,35H,1-8,11-13,15-16H2,(H,27,28). The Morgan fingerprint density at radius 1 is 1.00 bits per heavy atom. The molecule has 5 heterocycles. The molecule has 1 N–H and O–H groups in total. The Balaban J connectivity index is 1.17. The highest BCUT2D eigenvalue weighted by Crippen LogP contribution is 2.41. The fourth-order valence-electron chi connectivity index (χ4n) is 7.00. The van der Waals surface area contributed by atoms with Crippen molar-refractivity contribution >= 4 is 32.6 Å². The summed E-state index contributed by atoms with van der Waals surface area (Å²) < 4.78 is 25.1.